The molecule has 0 fully saturated rings. The van der Waals surface area contributed by atoms with Crippen LogP contribution in [0.2, 0.25) is 0 Å². The van der Waals surface area contributed by atoms with Gasteiger partial charge in [0.25, 0.3) is 5.56 Å². The number of aromatic nitrogens is 1. The number of carbonyl (C=O) groups excluding carboxylic acids is 1. The van der Waals surface area contributed by atoms with Gasteiger partial charge in [-0.15, -0.1) is 22.7 Å². The van der Waals surface area contributed by atoms with Crippen molar-refractivity contribution in [2.75, 3.05) is 13.7 Å². The molecule has 0 atom stereocenters. The van der Waals surface area contributed by atoms with Crippen LogP contribution in [0.15, 0.2) is 40.5 Å². The number of hydrogen-bond donors (Lipinski definition) is 0. The van der Waals surface area contributed by atoms with E-state index in [9.17, 15) is 9.59 Å². The number of ketones is 1. The molecule has 6 nitrogen and oxygen atoms in total. The molecule has 0 saturated carbocycles. The minimum atomic E-state index is -0.181. The third-order valence-corrected chi connectivity index (χ3v) is 5.85. The summed E-state index contributed by atoms with van der Waals surface area (Å²) in [6.07, 6.45) is 3.21. The standard InChI is InChI=1S/C20H16N2O4S2/c1-22-19(12-14(23)17-4-3-9-27-17)28-18(20(22)24)11-13-5-6-15(26-8-7-21)16(10-13)25-2/h3-6,9-12H,8H2,1-2H3/b18-11-,19-12-. The Hall–Kier alpha value is -3.15. The number of methoxy groups -OCH3 is 1. The van der Waals surface area contributed by atoms with Crippen LogP contribution in [-0.4, -0.2) is 24.1 Å². The zero-order valence-electron chi connectivity index (χ0n) is 15.2. The van der Waals surface area contributed by atoms with Gasteiger partial charge >= 0.3 is 0 Å². The van der Waals surface area contributed by atoms with E-state index in [0.29, 0.717) is 25.6 Å². The van der Waals surface area contributed by atoms with Gasteiger partial charge in [0.05, 0.1) is 16.5 Å². The van der Waals surface area contributed by atoms with Crippen molar-refractivity contribution in [3.05, 3.63) is 65.7 Å². The summed E-state index contributed by atoms with van der Waals surface area (Å²) in [7, 11) is 3.15. The smallest absolute Gasteiger partial charge is 0.268 e. The van der Waals surface area contributed by atoms with Crippen LogP contribution in [0.1, 0.15) is 15.2 Å². The van der Waals surface area contributed by atoms with Gasteiger partial charge in [-0.2, -0.15) is 5.26 Å². The molecule has 0 radical (unpaired) electrons. The molecule has 0 amide bonds. The first-order chi connectivity index (χ1) is 13.5. The lowest BCUT2D eigenvalue weighted by molar-refractivity contribution is 0.106. The number of thiazole rings is 1. The highest BCUT2D eigenvalue weighted by atomic mass is 32.1. The summed E-state index contributed by atoms with van der Waals surface area (Å²) in [6, 6.07) is 10.7. The molecule has 0 spiro atoms. The van der Waals surface area contributed by atoms with Crippen molar-refractivity contribution >= 4 is 40.6 Å². The van der Waals surface area contributed by atoms with Crippen molar-refractivity contribution in [2.45, 2.75) is 0 Å². The summed E-state index contributed by atoms with van der Waals surface area (Å²) in [5.41, 5.74) is 0.565. The average Bonchev–Trinajstić information content (AvgIpc) is 3.32. The van der Waals surface area contributed by atoms with Gasteiger partial charge in [-0.25, -0.2) is 0 Å². The molecule has 3 rings (SSSR count). The Balaban J connectivity index is 2.01. The van der Waals surface area contributed by atoms with E-state index in [1.54, 1.807) is 37.4 Å². The van der Waals surface area contributed by atoms with Gasteiger partial charge in [0.2, 0.25) is 0 Å². The minimum absolute atomic E-state index is 0.0810. The maximum atomic E-state index is 12.5. The summed E-state index contributed by atoms with van der Waals surface area (Å²) in [4.78, 5) is 25.5. The zero-order valence-corrected chi connectivity index (χ0v) is 16.8. The van der Waals surface area contributed by atoms with Crippen molar-refractivity contribution in [2.24, 2.45) is 7.05 Å². The Morgan fingerprint density at radius 2 is 2.14 bits per heavy atom. The summed E-state index contributed by atoms with van der Waals surface area (Å²) < 4.78 is 13.1. The Labute approximate surface area is 168 Å². The second-order valence-corrected chi connectivity index (χ2v) is 7.67. The fourth-order valence-electron chi connectivity index (χ4n) is 2.46. The third-order valence-electron chi connectivity index (χ3n) is 3.86. The molecular weight excluding hydrogens is 396 g/mol. The molecular formula is C20H16N2O4S2. The van der Waals surface area contributed by atoms with Crippen LogP contribution in [0, 0.1) is 11.3 Å². The minimum Gasteiger partial charge on any atom is -0.493 e. The van der Waals surface area contributed by atoms with Gasteiger partial charge in [-0.1, -0.05) is 12.1 Å². The van der Waals surface area contributed by atoms with E-state index >= 15 is 0 Å². The van der Waals surface area contributed by atoms with E-state index in [1.807, 2.05) is 17.5 Å². The van der Waals surface area contributed by atoms with Crippen LogP contribution >= 0.6 is 22.7 Å². The lowest BCUT2D eigenvalue weighted by atomic mass is 10.2. The van der Waals surface area contributed by atoms with E-state index < -0.39 is 0 Å². The predicted octanol–water partition coefficient (Wildman–Crippen LogP) is 1.91. The number of benzene rings is 1. The van der Waals surface area contributed by atoms with Gasteiger partial charge in [-0.3, -0.25) is 9.59 Å². The Morgan fingerprint density at radius 1 is 1.32 bits per heavy atom. The number of hydrogen-bond acceptors (Lipinski definition) is 7. The van der Waals surface area contributed by atoms with Crippen molar-refractivity contribution < 1.29 is 14.3 Å². The van der Waals surface area contributed by atoms with E-state index in [0.717, 1.165) is 5.56 Å². The molecule has 3 aromatic rings. The number of thiophene rings is 1. The van der Waals surface area contributed by atoms with Crippen LogP contribution in [0.4, 0.5) is 0 Å². The normalized spacial score (nSPS) is 12.0. The Bertz CT molecular complexity index is 1210. The quantitative estimate of drug-likeness (QED) is 0.578. The first kappa shape index (κ1) is 19.6. The van der Waals surface area contributed by atoms with Gasteiger partial charge < -0.3 is 14.0 Å². The summed E-state index contributed by atoms with van der Waals surface area (Å²) >= 11 is 2.61. The average molecular weight is 412 g/mol. The Morgan fingerprint density at radius 3 is 2.82 bits per heavy atom. The maximum Gasteiger partial charge on any atom is 0.268 e. The topological polar surface area (TPSA) is 81.3 Å². The van der Waals surface area contributed by atoms with Gasteiger partial charge in [-0.05, 0) is 35.2 Å². The van der Waals surface area contributed by atoms with Gasteiger partial charge in [0.15, 0.2) is 23.9 Å². The highest BCUT2D eigenvalue weighted by molar-refractivity contribution is 7.12. The molecule has 2 aromatic heterocycles. The van der Waals surface area contributed by atoms with Gasteiger partial charge in [0.1, 0.15) is 10.7 Å². The second kappa shape index (κ2) is 8.69. The molecule has 0 bridgehead atoms. The third kappa shape index (κ3) is 4.22. The fraction of sp³-hybridized carbons (Fsp3) is 0.150. The number of rotatable bonds is 6. The lowest BCUT2D eigenvalue weighted by Crippen LogP contribution is -2.29. The maximum absolute atomic E-state index is 12.5. The van der Waals surface area contributed by atoms with E-state index in [4.69, 9.17) is 14.7 Å². The monoisotopic (exact) mass is 412 g/mol. The molecule has 2 heterocycles. The first-order valence-electron chi connectivity index (χ1n) is 8.18. The molecule has 1 aromatic carbocycles. The molecule has 28 heavy (non-hydrogen) atoms. The van der Waals surface area contributed by atoms with Crippen LogP contribution in [0.3, 0.4) is 0 Å². The van der Waals surface area contributed by atoms with Crippen molar-refractivity contribution in [3.63, 3.8) is 0 Å². The first-order valence-corrected chi connectivity index (χ1v) is 9.88. The summed E-state index contributed by atoms with van der Waals surface area (Å²) in [5.74, 6) is 0.798. The molecule has 0 N–H and O–H groups in total. The van der Waals surface area contributed by atoms with Crippen LogP contribution < -0.4 is 24.2 Å². The van der Waals surface area contributed by atoms with Crippen LogP contribution in [-0.2, 0) is 7.05 Å². The number of carbonyl (C=O) groups is 1. The molecule has 0 aliphatic heterocycles. The highest BCUT2D eigenvalue weighted by Gasteiger charge is 2.08. The van der Waals surface area contributed by atoms with Gasteiger partial charge in [0, 0.05) is 13.1 Å². The van der Waals surface area contributed by atoms with Crippen LogP contribution in [0.25, 0.3) is 12.2 Å². The van der Waals surface area contributed by atoms with E-state index in [-0.39, 0.29) is 17.9 Å². The lowest BCUT2D eigenvalue weighted by Gasteiger charge is -2.08. The summed E-state index contributed by atoms with van der Waals surface area (Å²) in [5, 5.41) is 10.5. The second-order valence-electron chi connectivity index (χ2n) is 5.66. The summed E-state index contributed by atoms with van der Waals surface area (Å²) in [6.45, 7) is -0.0810. The van der Waals surface area contributed by atoms with Crippen LogP contribution in [0.5, 0.6) is 11.5 Å². The fourth-order valence-corrected chi connectivity index (χ4v) is 4.13. The number of nitrogens with zero attached hydrogens (tertiary/aromatic N) is 2. The van der Waals surface area contributed by atoms with Crippen molar-refractivity contribution in [1.82, 2.24) is 4.57 Å². The molecule has 0 aliphatic rings. The molecule has 0 unspecified atom stereocenters. The van der Waals surface area contributed by atoms with E-state index in [1.165, 1.54) is 40.4 Å². The largest absolute Gasteiger partial charge is 0.493 e. The zero-order chi connectivity index (χ0) is 20.1. The highest BCUT2D eigenvalue weighted by Crippen LogP contribution is 2.28. The molecule has 142 valence electrons. The van der Waals surface area contributed by atoms with Crippen molar-refractivity contribution in [3.8, 4) is 17.6 Å². The predicted molar refractivity (Wildman–Crippen MR) is 110 cm³/mol. The van der Waals surface area contributed by atoms with E-state index in [2.05, 4.69) is 0 Å². The number of nitriles is 1. The number of Topliss-reactive ketones (excluding diaryl/α,β-unsaturated/α-hetero) is 1. The Kier molecular flexibility index (Phi) is 6.09. The number of ether oxygens (including phenoxy) is 2. The van der Waals surface area contributed by atoms with Crippen molar-refractivity contribution in [1.29, 1.82) is 5.26 Å². The molecule has 0 saturated heterocycles. The SMILES string of the molecule is COc1cc(/C=c2\s/c(=C\C(=O)c3cccs3)n(C)c2=O)ccc1OCC#N. The molecule has 0 aliphatic carbocycles. The molecule has 8 heteroatoms.